The van der Waals surface area contributed by atoms with E-state index in [0.717, 1.165) is 11.0 Å². The van der Waals surface area contributed by atoms with E-state index in [4.69, 9.17) is 0 Å². The summed E-state index contributed by atoms with van der Waals surface area (Å²) in [5, 5.41) is 2.86. The van der Waals surface area contributed by atoms with Gasteiger partial charge >= 0.3 is 0 Å². The number of hydrogen-bond acceptors (Lipinski definition) is 1. The van der Waals surface area contributed by atoms with Gasteiger partial charge in [0.15, 0.2) is 0 Å². The van der Waals surface area contributed by atoms with E-state index >= 15 is 0 Å². The standard InChI is InChI=1S/C11H12BrNO/c1-7-2-3-9(12)5-10(7)8-4-11(14)13-6-8/h2-3,5,8H,4,6H2,1H3,(H,13,14). The molecule has 1 aromatic carbocycles. The van der Waals surface area contributed by atoms with Crippen LogP contribution in [-0.4, -0.2) is 12.5 Å². The third-order valence-corrected chi connectivity index (χ3v) is 3.15. The molecule has 1 heterocycles. The molecule has 1 N–H and O–H groups in total. The Kier molecular flexibility index (Phi) is 2.59. The lowest BCUT2D eigenvalue weighted by Crippen LogP contribution is -2.13. The minimum absolute atomic E-state index is 0.161. The van der Waals surface area contributed by atoms with E-state index in [-0.39, 0.29) is 5.91 Å². The topological polar surface area (TPSA) is 29.1 Å². The van der Waals surface area contributed by atoms with Crippen molar-refractivity contribution in [1.29, 1.82) is 0 Å². The molecule has 1 unspecified atom stereocenters. The summed E-state index contributed by atoms with van der Waals surface area (Å²) in [7, 11) is 0. The van der Waals surface area contributed by atoms with E-state index in [0.29, 0.717) is 12.3 Å². The Bertz CT molecular complexity index is 376. The highest BCUT2D eigenvalue weighted by Gasteiger charge is 2.24. The monoisotopic (exact) mass is 253 g/mol. The molecule has 3 heteroatoms. The second-order valence-corrected chi connectivity index (χ2v) is 4.62. The molecule has 74 valence electrons. The lowest BCUT2D eigenvalue weighted by atomic mass is 9.94. The zero-order valence-electron chi connectivity index (χ0n) is 8.01. The smallest absolute Gasteiger partial charge is 0.220 e. The van der Waals surface area contributed by atoms with Crippen LogP contribution >= 0.6 is 15.9 Å². The van der Waals surface area contributed by atoms with Crippen LogP contribution in [0.3, 0.4) is 0 Å². The molecule has 1 aliphatic rings. The fourth-order valence-corrected chi connectivity index (χ4v) is 2.26. The number of carbonyl (C=O) groups excluding carboxylic acids is 1. The van der Waals surface area contributed by atoms with Crippen molar-refractivity contribution in [3.8, 4) is 0 Å². The molecule has 0 spiro atoms. The first-order chi connectivity index (χ1) is 6.66. The molecule has 1 fully saturated rings. The predicted octanol–water partition coefficient (Wildman–Crippen LogP) is 2.36. The summed E-state index contributed by atoms with van der Waals surface area (Å²) in [5.74, 6) is 0.509. The molecule has 1 amide bonds. The Labute approximate surface area is 91.8 Å². The maximum Gasteiger partial charge on any atom is 0.220 e. The van der Waals surface area contributed by atoms with Crippen molar-refractivity contribution >= 4 is 21.8 Å². The molecule has 0 radical (unpaired) electrons. The summed E-state index contributed by atoms with van der Waals surface area (Å²) in [6, 6.07) is 6.23. The first-order valence-electron chi connectivity index (χ1n) is 4.69. The molecular weight excluding hydrogens is 242 g/mol. The van der Waals surface area contributed by atoms with E-state index in [9.17, 15) is 4.79 Å². The van der Waals surface area contributed by atoms with Gasteiger partial charge in [-0.15, -0.1) is 0 Å². The third-order valence-electron chi connectivity index (χ3n) is 2.66. The molecule has 2 rings (SSSR count). The van der Waals surface area contributed by atoms with E-state index in [1.165, 1.54) is 11.1 Å². The molecule has 1 aromatic rings. The lowest BCUT2D eigenvalue weighted by molar-refractivity contribution is -0.119. The van der Waals surface area contributed by atoms with Crippen LogP contribution in [0.5, 0.6) is 0 Å². The summed E-state index contributed by atoms with van der Waals surface area (Å²) in [6.07, 6.45) is 0.622. The van der Waals surface area contributed by atoms with Crippen LogP contribution in [0.15, 0.2) is 22.7 Å². The van der Waals surface area contributed by atoms with Gasteiger partial charge in [0.05, 0.1) is 0 Å². The van der Waals surface area contributed by atoms with E-state index < -0.39 is 0 Å². The van der Waals surface area contributed by atoms with Crippen molar-refractivity contribution in [3.63, 3.8) is 0 Å². The molecule has 2 nitrogen and oxygen atoms in total. The number of aryl methyl sites for hydroxylation is 1. The number of benzene rings is 1. The van der Waals surface area contributed by atoms with Gasteiger partial charge in [-0.1, -0.05) is 22.0 Å². The van der Waals surface area contributed by atoms with Crippen LogP contribution in [0.2, 0.25) is 0 Å². The van der Waals surface area contributed by atoms with E-state index in [1.807, 2.05) is 6.07 Å². The number of nitrogens with one attached hydrogen (secondary N) is 1. The van der Waals surface area contributed by atoms with Crippen molar-refractivity contribution in [1.82, 2.24) is 5.32 Å². The van der Waals surface area contributed by atoms with Gasteiger partial charge in [0, 0.05) is 23.4 Å². The molecule has 14 heavy (non-hydrogen) atoms. The zero-order chi connectivity index (χ0) is 10.1. The number of amides is 1. The molecule has 0 bridgehead atoms. The van der Waals surface area contributed by atoms with E-state index in [2.05, 4.69) is 40.3 Å². The summed E-state index contributed by atoms with van der Waals surface area (Å²) in [4.78, 5) is 11.1. The van der Waals surface area contributed by atoms with Crippen molar-refractivity contribution in [3.05, 3.63) is 33.8 Å². The van der Waals surface area contributed by atoms with Crippen LogP contribution in [0.4, 0.5) is 0 Å². The second-order valence-electron chi connectivity index (χ2n) is 3.71. The third kappa shape index (κ3) is 1.82. The average Bonchev–Trinajstić information content (AvgIpc) is 2.56. The fourth-order valence-electron chi connectivity index (χ4n) is 1.88. The SMILES string of the molecule is Cc1ccc(Br)cc1C1CNC(=O)C1. The highest BCUT2D eigenvalue weighted by molar-refractivity contribution is 9.10. The lowest BCUT2D eigenvalue weighted by Gasteiger charge is -2.11. The van der Waals surface area contributed by atoms with Gasteiger partial charge in [-0.2, -0.15) is 0 Å². The Morgan fingerprint density at radius 3 is 2.93 bits per heavy atom. The van der Waals surface area contributed by atoms with Crippen molar-refractivity contribution < 1.29 is 4.79 Å². The molecular formula is C11H12BrNO. The maximum absolute atomic E-state index is 11.1. The van der Waals surface area contributed by atoms with Gasteiger partial charge in [-0.25, -0.2) is 0 Å². The Hall–Kier alpha value is -0.830. The Morgan fingerprint density at radius 2 is 2.29 bits per heavy atom. The largest absolute Gasteiger partial charge is 0.355 e. The number of hydrogen-bond donors (Lipinski definition) is 1. The van der Waals surface area contributed by atoms with Gasteiger partial charge in [0.2, 0.25) is 5.91 Å². The van der Waals surface area contributed by atoms with Crippen LogP contribution in [0.1, 0.15) is 23.5 Å². The van der Waals surface area contributed by atoms with Crippen molar-refractivity contribution in [2.45, 2.75) is 19.3 Å². The minimum Gasteiger partial charge on any atom is -0.355 e. The summed E-state index contributed by atoms with van der Waals surface area (Å²) in [5.41, 5.74) is 2.53. The maximum atomic E-state index is 11.1. The van der Waals surface area contributed by atoms with Gasteiger partial charge in [0.25, 0.3) is 0 Å². The first kappa shape index (κ1) is 9.71. The fraction of sp³-hybridized carbons (Fsp3) is 0.364. The summed E-state index contributed by atoms with van der Waals surface area (Å²) in [6.45, 7) is 2.86. The average molecular weight is 254 g/mol. The first-order valence-corrected chi connectivity index (χ1v) is 5.49. The number of rotatable bonds is 1. The van der Waals surface area contributed by atoms with Gasteiger partial charge in [-0.05, 0) is 30.2 Å². The summed E-state index contributed by atoms with van der Waals surface area (Å²) < 4.78 is 1.08. The molecule has 0 aliphatic carbocycles. The van der Waals surface area contributed by atoms with Crippen molar-refractivity contribution in [2.75, 3.05) is 6.54 Å². The van der Waals surface area contributed by atoms with Crippen LogP contribution in [-0.2, 0) is 4.79 Å². The normalized spacial score (nSPS) is 21.0. The quantitative estimate of drug-likeness (QED) is 0.818. The minimum atomic E-state index is 0.161. The number of halogens is 1. The Morgan fingerprint density at radius 1 is 1.50 bits per heavy atom. The van der Waals surface area contributed by atoms with Crippen LogP contribution in [0.25, 0.3) is 0 Å². The predicted molar refractivity (Wildman–Crippen MR) is 59.2 cm³/mol. The Balaban J connectivity index is 2.31. The molecule has 1 aliphatic heterocycles. The molecule has 1 saturated heterocycles. The highest BCUT2D eigenvalue weighted by Crippen LogP contribution is 2.28. The molecule has 0 saturated carbocycles. The van der Waals surface area contributed by atoms with Crippen LogP contribution < -0.4 is 5.32 Å². The summed E-state index contributed by atoms with van der Waals surface area (Å²) >= 11 is 3.45. The van der Waals surface area contributed by atoms with Gasteiger partial charge < -0.3 is 5.32 Å². The second kappa shape index (κ2) is 3.73. The van der Waals surface area contributed by atoms with Crippen molar-refractivity contribution in [2.24, 2.45) is 0 Å². The van der Waals surface area contributed by atoms with Crippen LogP contribution in [0, 0.1) is 6.92 Å². The van der Waals surface area contributed by atoms with Gasteiger partial charge in [-0.3, -0.25) is 4.79 Å². The zero-order valence-corrected chi connectivity index (χ0v) is 9.60. The molecule has 1 atom stereocenters. The molecule has 0 aromatic heterocycles. The van der Waals surface area contributed by atoms with E-state index in [1.54, 1.807) is 0 Å². The highest BCUT2D eigenvalue weighted by atomic mass is 79.9. The number of carbonyl (C=O) groups is 1. The van der Waals surface area contributed by atoms with Gasteiger partial charge in [0.1, 0.15) is 0 Å².